The van der Waals surface area contributed by atoms with Crippen LogP contribution in [0.2, 0.25) is 0 Å². The zero-order valence-electron chi connectivity index (χ0n) is 47.6. The molecule has 0 saturated heterocycles. The molecule has 0 aliphatic rings. The fourth-order valence-corrected chi connectivity index (χ4v) is 9.63. The summed E-state index contributed by atoms with van der Waals surface area (Å²) in [4.78, 5) is 35.2. The molecule has 0 aromatic heterocycles. The summed E-state index contributed by atoms with van der Waals surface area (Å²) in [7, 11) is -4.39. The number of hydrogen-bond acceptors (Lipinski definition) is 8. The zero-order valence-corrected chi connectivity index (χ0v) is 48.5. The van der Waals surface area contributed by atoms with Gasteiger partial charge in [0.15, 0.2) is 6.10 Å². The number of ether oxygens (including phenoxy) is 2. The van der Waals surface area contributed by atoms with E-state index < -0.39 is 26.5 Å². The number of allylic oxidation sites excluding steroid dienone is 10. The summed E-state index contributed by atoms with van der Waals surface area (Å²) in [6, 6.07) is 0. The van der Waals surface area contributed by atoms with Gasteiger partial charge in [-0.1, -0.05) is 267 Å². The molecule has 0 rings (SSSR count). The highest BCUT2D eigenvalue weighted by atomic mass is 31.2. The van der Waals surface area contributed by atoms with Crippen molar-refractivity contribution in [3.05, 3.63) is 60.8 Å². The Morgan fingerprint density at radius 1 is 0.425 bits per heavy atom. The van der Waals surface area contributed by atoms with E-state index in [9.17, 15) is 19.0 Å². The second-order valence-corrected chi connectivity index (χ2v) is 22.0. The number of hydrogen-bond donors (Lipinski definition) is 2. The highest BCUT2D eigenvalue weighted by Gasteiger charge is 2.26. The van der Waals surface area contributed by atoms with Crippen molar-refractivity contribution in [2.45, 2.75) is 302 Å². The molecule has 0 spiro atoms. The smallest absolute Gasteiger partial charge is 0.462 e. The van der Waals surface area contributed by atoms with Gasteiger partial charge in [-0.15, -0.1) is 0 Å². The summed E-state index contributed by atoms with van der Waals surface area (Å²) in [6.45, 7) is 3.66. The molecule has 0 bridgehead atoms. The van der Waals surface area contributed by atoms with Gasteiger partial charge in [0.2, 0.25) is 0 Å². The van der Waals surface area contributed by atoms with Crippen molar-refractivity contribution in [2.24, 2.45) is 5.73 Å². The molecule has 0 fully saturated rings. The Balaban J connectivity index is 3.84. The van der Waals surface area contributed by atoms with Crippen LogP contribution in [-0.4, -0.2) is 49.3 Å². The SMILES string of the molecule is CC/C=C\C/C=C\C/C=C\C/C=C\CCCCCCCCCCCCCCCCCCCCCCCCC(=O)OC(COC(=O)CCCCCCCCC/C=C\CCCCCCCC)COP(=O)(O)OCCN. The lowest BCUT2D eigenvalue weighted by molar-refractivity contribution is -0.161. The van der Waals surface area contributed by atoms with Crippen LogP contribution in [0, 0.1) is 0 Å². The van der Waals surface area contributed by atoms with E-state index in [0.717, 1.165) is 70.6 Å². The summed E-state index contributed by atoms with van der Waals surface area (Å²) in [5.74, 6) is -0.820. The standard InChI is InChI=1S/C63H116NO8P/c1-3-5-7-9-11-13-15-17-19-21-22-23-24-25-26-27-28-29-30-31-32-33-34-35-36-37-38-40-42-44-46-48-50-52-54-56-63(66)72-61(60-71-73(67,68)70-58-57-64)59-69-62(65)55-53-51-49-47-45-43-41-39-20-18-16-14-12-10-8-6-4-2/h5,7,11,13,17-20,22-23,61H,3-4,6,8-10,12,14-16,21,24-60,64H2,1-2H3,(H,67,68)/b7-5-,13-11-,19-17-,20-18-,23-22-. The molecule has 0 amide bonds. The highest BCUT2D eigenvalue weighted by molar-refractivity contribution is 7.47. The van der Waals surface area contributed by atoms with E-state index in [-0.39, 0.29) is 38.6 Å². The van der Waals surface area contributed by atoms with E-state index in [1.165, 1.54) is 193 Å². The molecule has 0 saturated carbocycles. The number of nitrogens with two attached hydrogens (primary N) is 1. The summed E-state index contributed by atoms with van der Waals surface area (Å²) >= 11 is 0. The van der Waals surface area contributed by atoms with Gasteiger partial charge in [0, 0.05) is 19.4 Å². The van der Waals surface area contributed by atoms with Gasteiger partial charge in [-0.25, -0.2) is 4.57 Å². The fraction of sp³-hybridized carbons (Fsp3) is 0.810. The van der Waals surface area contributed by atoms with Crippen molar-refractivity contribution < 1.29 is 37.6 Å². The normalized spacial score (nSPS) is 13.4. The monoisotopic (exact) mass is 1050 g/mol. The molecule has 0 aromatic rings. The Hall–Kier alpha value is -2.29. The average Bonchev–Trinajstić information content (AvgIpc) is 3.38. The van der Waals surface area contributed by atoms with E-state index >= 15 is 0 Å². The number of esters is 2. The highest BCUT2D eigenvalue weighted by Crippen LogP contribution is 2.43. The third kappa shape index (κ3) is 58.8. The number of carbonyl (C=O) groups is 2. The topological polar surface area (TPSA) is 134 Å². The number of phosphoric acid groups is 1. The Morgan fingerprint density at radius 3 is 1.14 bits per heavy atom. The first kappa shape index (κ1) is 70.7. The molecule has 0 radical (unpaired) electrons. The summed E-state index contributed by atoms with van der Waals surface area (Å²) in [6.07, 6.45) is 74.4. The average molecular weight is 1050 g/mol. The fourth-order valence-electron chi connectivity index (χ4n) is 8.86. The lowest BCUT2D eigenvalue weighted by Crippen LogP contribution is -2.29. The van der Waals surface area contributed by atoms with Crippen LogP contribution in [0.25, 0.3) is 0 Å². The summed E-state index contributed by atoms with van der Waals surface area (Å²) in [5, 5.41) is 0. The first-order valence-electron chi connectivity index (χ1n) is 30.8. The second kappa shape index (κ2) is 59.0. The molecule has 9 nitrogen and oxygen atoms in total. The van der Waals surface area contributed by atoms with Gasteiger partial charge in [-0.3, -0.25) is 18.6 Å². The second-order valence-electron chi connectivity index (χ2n) is 20.5. The minimum Gasteiger partial charge on any atom is -0.462 e. The Labute approximate surface area is 450 Å². The molecule has 0 aromatic carbocycles. The molecule has 0 aliphatic heterocycles. The predicted octanol–water partition coefficient (Wildman–Crippen LogP) is 19.5. The molecule has 2 unspecified atom stereocenters. The van der Waals surface area contributed by atoms with E-state index in [0.29, 0.717) is 6.42 Å². The van der Waals surface area contributed by atoms with Crippen LogP contribution in [0.5, 0.6) is 0 Å². The maximum absolute atomic E-state index is 12.7. The minimum absolute atomic E-state index is 0.0536. The third-order valence-corrected chi connectivity index (χ3v) is 14.4. The lowest BCUT2D eigenvalue weighted by atomic mass is 10.0. The molecular formula is C63H116NO8P. The van der Waals surface area contributed by atoms with E-state index in [4.69, 9.17) is 24.3 Å². The quantitative estimate of drug-likeness (QED) is 0.0264. The van der Waals surface area contributed by atoms with Crippen LogP contribution >= 0.6 is 7.82 Å². The first-order chi connectivity index (χ1) is 35.8. The van der Waals surface area contributed by atoms with Crippen molar-refractivity contribution >= 4 is 19.8 Å². The lowest BCUT2D eigenvalue weighted by Gasteiger charge is -2.19. The van der Waals surface area contributed by atoms with Gasteiger partial charge in [0.05, 0.1) is 13.2 Å². The molecule has 10 heteroatoms. The Bertz CT molecular complexity index is 1380. The molecule has 73 heavy (non-hydrogen) atoms. The first-order valence-corrected chi connectivity index (χ1v) is 32.3. The number of rotatable bonds is 58. The largest absolute Gasteiger partial charge is 0.472 e. The van der Waals surface area contributed by atoms with Gasteiger partial charge in [0.1, 0.15) is 6.61 Å². The van der Waals surface area contributed by atoms with Crippen molar-refractivity contribution in [3.8, 4) is 0 Å². The van der Waals surface area contributed by atoms with Gasteiger partial charge in [0.25, 0.3) is 0 Å². The van der Waals surface area contributed by atoms with Crippen LogP contribution in [0.3, 0.4) is 0 Å². The van der Waals surface area contributed by atoms with Gasteiger partial charge < -0.3 is 20.1 Å². The number of unbranched alkanes of at least 4 members (excludes halogenated alkanes) is 35. The van der Waals surface area contributed by atoms with Crippen LogP contribution in [0.15, 0.2) is 60.8 Å². The minimum atomic E-state index is -4.39. The van der Waals surface area contributed by atoms with Gasteiger partial charge >= 0.3 is 19.8 Å². The Kier molecular flexibility index (Phi) is 57.1. The third-order valence-electron chi connectivity index (χ3n) is 13.4. The summed E-state index contributed by atoms with van der Waals surface area (Å²) in [5.41, 5.74) is 5.38. The summed E-state index contributed by atoms with van der Waals surface area (Å²) < 4.78 is 33.0. The van der Waals surface area contributed by atoms with E-state index in [1.54, 1.807) is 0 Å². The molecule has 0 heterocycles. The van der Waals surface area contributed by atoms with Crippen molar-refractivity contribution in [2.75, 3.05) is 26.4 Å². The van der Waals surface area contributed by atoms with Crippen molar-refractivity contribution in [3.63, 3.8) is 0 Å². The van der Waals surface area contributed by atoms with Gasteiger partial charge in [-0.05, 0) is 77.0 Å². The van der Waals surface area contributed by atoms with Crippen LogP contribution in [-0.2, 0) is 32.7 Å². The molecule has 426 valence electrons. The maximum atomic E-state index is 12.7. The number of carbonyl (C=O) groups excluding carboxylic acids is 2. The zero-order chi connectivity index (χ0) is 53.1. The van der Waals surface area contributed by atoms with Gasteiger partial charge in [-0.2, -0.15) is 0 Å². The molecule has 2 atom stereocenters. The molecule has 3 N–H and O–H groups in total. The van der Waals surface area contributed by atoms with Crippen LogP contribution in [0.4, 0.5) is 0 Å². The predicted molar refractivity (Wildman–Crippen MR) is 312 cm³/mol. The van der Waals surface area contributed by atoms with Crippen LogP contribution < -0.4 is 5.73 Å². The van der Waals surface area contributed by atoms with Crippen LogP contribution in [0.1, 0.15) is 296 Å². The maximum Gasteiger partial charge on any atom is 0.472 e. The number of phosphoric ester groups is 1. The van der Waals surface area contributed by atoms with E-state index in [1.807, 2.05) is 0 Å². The van der Waals surface area contributed by atoms with Crippen molar-refractivity contribution in [1.82, 2.24) is 0 Å². The Morgan fingerprint density at radius 2 is 0.753 bits per heavy atom. The van der Waals surface area contributed by atoms with Crippen molar-refractivity contribution in [1.29, 1.82) is 0 Å². The van der Waals surface area contributed by atoms with E-state index in [2.05, 4.69) is 74.6 Å². The molecular weight excluding hydrogens is 930 g/mol. The molecule has 0 aliphatic carbocycles.